The number of aryl methyl sites for hydroxylation is 1. The van der Waals surface area contributed by atoms with Gasteiger partial charge in [0, 0.05) is 35.8 Å². The third-order valence-electron chi connectivity index (χ3n) is 6.72. The molecule has 0 unspecified atom stereocenters. The van der Waals surface area contributed by atoms with Gasteiger partial charge in [-0.05, 0) is 37.1 Å². The Hall–Kier alpha value is -2.72. The van der Waals surface area contributed by atoms with Gasteiger partial charge in [-0.1, -0.05) is 53.5 Å². The van der Waals surface area contributed by atoms with E-state index in [1.807, 2.05) is 55.5 Å². The average Bonchev–Trinajstić information content (AvgIpc) is 3.52. The van der Waals surface area contributed by atoms with E-state index in [-0.39, 0.29) is 12.1 Å². The summed E-state index contributed by atoms with van der Waals surface area (Å²) in [6, 6.07) is 15.1. The summed E-state index contributed by atoms with van der Waals surface area (Å²) in [5.74, 6) is 1.26. The van der Waals surface area contributed by atoms with Crippen molar-refractivity contribution < 1.29 is 8.42 Å². The maximum Gasteiger partial charge on any atom is 0.230 e. The zero-order chi connectivity index (χ0) is 24.5. The minimum atomic E-state index is -3.25. The van der Waals surface area contributed by atoms with Gasteiger partial charge in [-0.25, -0.2) is 13.4 Å². The quantitative estimate of drug-likeness (QED) is 0.392. The second kappa shape index (κ2) is 8.16. The van der Waals surface area contributed by atoms with Crippen LogP contribution in [0.3, 0.4) is 0 Å². The molecule has 180 valence electrons. The molecule has 0 spiro atoms. The maximum atomic E-state index is 12.2. The van der Waals surface area contributed by atoms with Crippen molar-refractivity contribution in [2.45, 2.75) is 25.4 Å². The molecule has 35 heavy (non-hydrogen) atoms. The number of rotatable bonds is 4. The predicted molar refractivity (Wildman–Crippen MR) is 137 cm³/mol. The van der Waals surface area contributed by atoms with Gasteiger partial charge >= 0.3 is 0 Å². The number of halogens is 2. The molecule has 2 saturated heterocycles. The minimum Gasteiger partial charge on any atom is -0.335 e. The second-order valence-electron chi connectivity index (χ2n) is 9.04. The lowest BCUT2D eigenvalue weighted by Crippen LogP contribution is -2.49. The fourth-order valence-electron chi connectivity index (χ4n) is 5.21. The minimum absolute atomic E-state index is 0.0270. The van der Waals surface area contributed by atoms with Gasteiger partial charge in [0.05, 0.1) is 16.8 Å². The molecule has 0 saturated carbocycles. The van der Waals surface area contributed by atoms with Crippen LogP contribution in [0.4, 0.5) is 5.95 Å². The molecular weight excluding hydrogens is 507 g/mol. The van der Waals surface area contributed by atoms with E-state index in [9.17, 15) is 8.42 Å². The number of sulfonamides is 1. The van der Waals surface area contributed by atoms with E-state index >= 15 is 0 Å². The van der Waals surface area contributed by atoms with Crippen molar-refractivity contribution in [3.63, 3.8) is 0 Å². The summed E-state index contributed by atoms with van der Waals surface area (Å²) in [6.07, 6.45) is 2.03. The number of benzene rings is 2. The second-order valence-corrected chi connectivity index (χ2v) is 11.8. The van der Waals surface area contributed by atoms with Crippen molar-refractivity contribution in [3.05, 3.63) is 64.4 Å². The number of fused-ring (bicyclic) bond motifs is 3. The van der Waals surface area contributed by atoms with Crippen LogP contribution in [-0.2, 0) is 10.0 Å². The van der Waals surface area contributed by atoms with E-state index in [2.05, 4.69) is 4.90 Å². The first kappa shape index (κ1) is 22.7. The molecule has 0 radical (unpaired) electrons. The van der Waals surface area contributed by atoms with Gasteiger partial charge in [-0.15, -0.1) is 0 Å². The zero-order valence-corrected chi connectivity index (χ0v) is 21.4. The Morgan fingerprint density at radius 3 is 2.37 bits per heavy atom. The first-order chi connectivity index (χ1) is 16.7. The Bertz CT molecular complexity index is 1570. The van der Waals surface area contributed by atoms with Crippen LogP contribution in [0.15, 0.2) is 48.5 Å². The summed E-state index contributed by atoms with van der Waals surface area (Å²) in [6.45, 7) is 2.85. The van der Waals surface area contributed by atoms with Crippen molar-refractivity contribution in [2.75, 3.05) is 24.2 Å². The molecule has 2 fully saturated rings. The molecule has 6 rings (SSSR count). The number of hydrogen-bond donors (Lipinski definition) is 0. The van der Waals surface area contributed by atoms with E-state index in [1.54, 1.807) is 8.82 Å². The largest absolute Gasteiger partial charge is 0.335 e. The Balaban J connectivity index is 1.56. The number of hydrogen-bond acceptors (Lipinski definition) is 6. The molecule has 2 bridgehead atoms. The van der Waals surface area contributed by atoms with Crippen molar-refractivity contribution in [1.82, 2.24) is 23.9 Å². The van der Waals surface area contributed by atoms with Gasteiger partial charge in [0.2, 0.25) is 16.0 Å². The van der Waals surface area contributed by atoms with Crippen LogP contribution in [0.2, 0.25) is 10.0 Å². The monoisotopic (exact) mass is 528 g/mol. The third kappa shape index (κ3) is 3.78. The number of piperazine rings is 1. The topological polar surface area (TPSA) is 83.7 Å². The molecule has 4 aromatic rings. The zero-order valence-electron chi connectivity index (χ0n) is 19.1. The Kier molecular flexibility index (Phi) is 5.30. The van der Waals surface area contributed by atoms with Crippen molar-refractivity contribution in [1.29, 1.82) is 0 Å². The van der Waals surface area contributed by atoms with Gasteiger partial charge < -0.3 is 4.90 Å². The lowest BCUT2D eigenvalue weighted by Gasteiger charge is -2.33. The smallest absolute Gasteiger partial charge is 0.230 e. The van der Waals surface area contributed by atoms with Gasteiger partial charge in [-0.2, -0.15) is 18.9 Å². The predicted octanol–water partition coefficient (Wildman–Crippen LogP) is 4.30. The highest BCUT2D eigenvalue weighted by Crippen LogP contribution is 2.40. The molecule has 2 aromatic heterocycles. The number of anilines is 1. The first-order valence-electron chi connectivity index (χ1n) is 11.2. The van der Waals surface area contributed by atoms with Crippen LogP contribution >= 0.6 is 23.2 Å². The molecule has 8 nitrogen and oxygen atoms in total. The van der Waals surface area contributed by atoms with Crippen molar-refractivity contribution >= 4 is 44.8 Å². The number of nitrogens with zero attached hydrogens (tertiary/aromatic N) is 6. The fourth-order valence-corrected chi connectivity index (χ4v) is 6.70. The van der Waals surface area contributed by atoms with Crippen molar-refractivity contribution in [3.8, 4) is 22.4 Å². The van der Waals surface area contributed by atoms with E-state index < -0.39 is 10.0 Å². The molecule has 0 aliphatic carbocycles. The van der Waals surface area contributed by atoms with Gasteiger partial charge in [-0.3, -0.25) is 0 Å². The van der Waals surface area contributed by atoms with E-state index in [0.29, 0.717) is 46.2 Å². The van der Waals surface area contributed by atoms with Crippen LogP contribution < -0.4 is 4.90 Å². The summed E-state index contributed by atoms with van der Waals surface area (Å²) in [7, 11) is -3.25. The highest BCUT2D eigenvalue weighted by atomic mass is 35.5. The van der Waals surface area contributed by atoms with Gasteiger partial charge in [0.15, 0.2) is 5.65 Å². The summed E-state index contributed by atoms with van der Waals surface area (Å²) < 4.78 is 27.7. The van der Waals surface area contributed by atoms with Crippen LogP contribution in [0.5, 0.6) is 0 Å². The molecule has 2 aromatic carbocycles. The average molecular weight is 529 g/mol. The summed E-state index contributed by atoms with van der Waals surface area (Å²) in [4.78, 5) is 11.7. The lowest BCUT2D eigenvalue weighted by molar-refractivity contribution is 0.369. The third-order valence-corrected chi connectivity index (χ3v) is 8.60. The van der Waals surface area contributed by atoms with Gasteiger partial charge in [0.25, 0.3) is 0 Å². The van der Waals surface area contributed by atoms with Crippen LogP contribution in [0.1, 0.15) is 12.2 Å². The van der Waals surface area contributed by atoms with Crippen LogP contribution in [-0.4, -0.2) is 63.7 Å². The Morgan fingerprint density at radius 1 is 0.971 bits per heavy atom. The molecule has 2 aliphatic heterocycles. The maximum absolute atomic E-state index is 12.2. The van der Waals surface area contributed by atoms with Gasteiger partial charge in [0.1, 0.15) is 11.5 Å². The lowest BCUT2D eigenvalue weighted by atomic mass is 10.0. The standard InChI is InChI=1S/C24H22Cl2N6O2S/c1-14-27-23-21(15-7-9-16(25)10-8-15)22(19-5-3-4-6-20(19)26)29-32(23)24(28-14)30-12-18-11-17(30)13-31(18)35(2,33)34/h3-10,17-18H,11-13H2,1-2H3/t17-,18-/m0/s1. The van der Waals surface area contributed by atoms with E-state index in [0.717, 1.165) is 23.1 Å². The highest BCUT2D eigenvalue weighted by Gasteiger charge is 2.48. The van der Waals surface area contributed by atoms with E-state index in [1.165, 1.54) is 6.26 Å². The Morgan fingerprint density at radius 2 is 1.71 bits per heavy atom. The normalized spacial score (nSPS) is 20.3. The fraction of sp³-hybridized carbons (Fsp3) is 0.292. The molecule has 0 N–H and O–H groups in total. The SMILES string of the molecule is Cc1nc(N2C[C@@H]3C[C@H]2CN3S(C)(=O)=O)n2nc(-c3ccccc3Cl)c(-c3ccc(Cl)cc3)c2n1. The molecule has 11 heteroatoms. The van der Waals surface area contributed by atoms with Crippen LogP contribution in [0, 0.1) is 6.92 Å². The Labute approximate surface area is 213 Å². The molecule has 4 heterocycles. The van der Waals surface area contributed by atoms with E-state index in [4.69, 9.17) is 38.3 Å². The molecular formula is C24H22Cl2N6O2S. The van der Waals surface area contributed by atoms with Crippen LogP contribution in [0.25, 0.3) is 28.0 Å². The molecule has 2 aliphatic rings. The highest BCUT2D eigenvalue weighted by molar-refractivity contribution is 7.88. The summed E-state index contributed by atoms with van der Waals surface area (Å²) in [5.41, 5.74) is 3.89. The number of aromatic nitrogens is 4. The van der Waals surface area contributed by atoms with Crippen molar-refractivity contribution in [2.24, 2.45) is 0 Å². The molecule has 2 atom stereocenters. The summed E-state index contributed by atoms with van der Waals surface area (Å²) >= 11 is 12.8. The molecule has 0 amide bonds. The first-order valence-corrected chi connectivity index (χ1v) is 13.8. The summed E-state index contributed by atoms with van der Waals surface area (Å²) in [5, 5.41) is 6.20.